The molecule has 218 valence electrons. The summed E-state index contributed by atoms with van der Waals surface area (Å²) in [5, 5.41) is 0. The van der Waals surface area contributed by atoms with E-state index < -0.39 is 0 Å². The van der Waals surface area contributed by atoms with E-state index in [1.807, 2.05) is 12.4 Å². The van der Waals surface area contributed by atoms with Crippen molar-refractivity contribution >= 4 is 34.3 Å². The van der Waals surface area contributed by atoms with Crippen LogP contribution in [0.3, 0.4) is 0 Å². The maximum Gasteiger partial charge on any atom is 0.178 e. The first-order valence-corrected chi connectivity index (χ1v) is 15.9. The lowest BCUT2D eigenvalue weighted by Gasteiger charge is -2.45. The van der Waals surface area contributed by atoms with Crippen LogP contribution in [0.25, 0.3) is 5.57 Å². The maximum atomic E-state index is 5.07. The van der Waals surface area contributed by atoms with Crippen LogP contribution in [0.5, 0.6) is 0 Å². The number of nitrogens with zero attached hydrogens (tertiary/aromatic N) is 5. The van der Waals surface area contributed by atoms with E-state index in [-0.39, 0.29) is 12.2 Å². The van der Waals surface area contributed by atoms with Crippen molar-refractivity contribution in [2.45, 2.75) is 64.6 Å². The summed E-state index contributed by atoms with van der Waals surface area (Å²) in [5.41, 5.74) is 7.41. The molecule has 4 aromatic rings. The number of para-hydroxylation sites is 3. The number of fused-ring (bicyclic) bond motifs is 9. The van der Waals surface area contributed by atoms with Gasteiger partial charge in [0, 0.05) is 41.2 Å². The second-order valence-corrected chi connectivity index (χ2v) is 12.2. The molecular weight excluding hydrogens is 526 g/mol. The summed E-state index contributed by atoms with van der Waals surface area (Å²) < 4.78 is 0. The Labute approximate surface area is 256 Å². The first kappa shape index (κ1) is 27.5. The fourth-order valence-electron chi connectivity index (χ4n) is 7.91. The van der Waals surface area contributed by atoms with E-state index in [0.29, 0.717) is 17.8 Å². The molecule has 3 aliphatic rings. The average molecular weight is 568 g/mol. The first-order valence-electron chi connectivity index (χ1n) is 15.9. The van der Waals surface area contributed by atoms with Crippen molar-refractivity contribution in [2.24, 2.45) is 11.8 Å². The van der Waals surface area contributed by atoms with E-state index in [2.05, 4.69) is 127 Å². The summed E-state index contributed by atoms with van der Waals surface area (Å²) in [6.45, 7) is 11.9. The minimum atomic E-state index is -0.0873. The number of anilines is 5. The first-order chi connectivity index (χ1) is 21.1. The number of hydrogen-bond donors (Lipinski definition) is 0. The van der Waals surface area contributed by atoms with Crippen LogP contribution in [0, 0.1) is 11.8 Å². The van der Waals surface area contributed by atoms with Crippen LogP contribution < -0.4 is 14.7 Å². The van der Waals surface area contributed by atoms with Crippen molar-refractivity contribution in [3.05, 3.63) is 121 Å². The Morgan fingerprint density at radius 1 is 0.767 bits per heavy atom. The number of allylic oxidation sites excluding steroid dienone is 2. The summed E-state index contributed by atoms with van der Waals surface area (Å²) in [6.07, 6.45) is 12.5. The predicted octanol–water partition coefficient (Wildman–Crippen LogP) is 9.46. The fourth-order valence-corrected chi connectivity index (χ4v) is 7.91. The molecule has 0 aliphatic carbocycles. The normalized spacial score (nSPS) is 24.7. The molecule has 0 bridgehead atoms. The number of aromatic nitrogens is 2. The van der Waals surface area contributed by atoms with Crippen molar-refractivity contribution < 1.29 is 0 Å². The molecule has 5 atom stereocenters. The molecular formula is C38H41N5. The molecule has 0 saturated carbocycles. The van der Waals surface area contributed by atoms with Gasteiger partial charge in [0.25, 0.3) is 0 Å². The van der Waals surface area contributed by atoms with Crippen LogP contribution in [0.15, 0.2) is 110 Å². The molecule has 0 radical (unpaired) electrons. The summed E-state index contributed by atoms with van der Waals surface area (Å²) in [6, 6.07) is 28.8. The Morgan fingerprint density at radius 3 is 2.16 bits per heavy atom. The van der Waals surface area contributed by atoms with Gasteiger partial charge in [0.15, 0.2) is 11.6 Å². The number of rotatable bonds is 3. The molecule has 1 aromatic heterocycles. The SMILES string of the molecule is C=C1c2ccccc2N2C=CCCC(C)C2C2N(c3ccccc3)c3nccnc3N2c2ccccc2C(CC)C1CC. The molecule has 5 heteroatoms. The van der Waals surface area contributed by atoms with Gasteiger partial charge in [0.1, 0.15) is 6.17 Å². The van der Waals surface area contributed by atoms with Crippen LogP contribution in [-0.2, 0) is 0 Å². The van der Waals surface area contributed by atoms with E-state index in [1.54, 1.807) is 0 Å². The average Bonchev–Trinajstić information content (AvgIpc) is 3.26. The standard InChI is InChI=1S/C38H41N5/c1-5-29-27(4)31-19-10-12-21-33(31)41-25-15-14-16-26(3)35(41)38-42(28-17-8-7-9-18-28)36-37(40-24-23-39-36)43(38)34-22-13-11-20-32(34)30(29)6-2/h7-13,15,17-26,29-30,35,38H,4-6,14,16H2,1-3H3. The van der Waals surface area contributed by atoms with Crippen LogP contribution in [-0.4, -0.2) is 22.2 Å². The molecule has 5 unspecified atom stereocenters. The van der Waals surface area contributed by atoms with Crippen molar-refractivity contribution in [2.75, 3.05) is 14.7 Å². The van der Waals surface area contributed by atoms with Gasteiger partial charge in [0.05, 0.1) is 6.04 Å². The van der Waals surface area contributed by atoms with Crippen LogP contribution in [0.1, 0.15) is 63.5 Å². The number of hydrogen-bond acceptors (Lipinski definition) is 5. The second-order valence-electron chi connectivity index (χ2n) is 12.2. The van der Waals surface area contributed by atoms with Gasteiger partial charge in [-0.15, -0.1) is 0 Å². The lowest BCUT2D eigenvalue weighted by atomic mass is 9.75. The third kappa shape index (κ3) is 4.45. The number of benzene rings is 3. The van der Waals surface area contributed by atoms with E-state index >= 15 is 0 Å². The van der Waals surface area contributed by atoms with Gasteiger partial charge in [-0.3, -0.25) is 9.80 Å². The fraction of sp³-hybridized carbons (Fsp3) is 0.316. The summed E-state index contributed by atoms with van der Waals surface area (Å²) >= 11 is 0. The minimum absolute atomic E-state index is 0.0873. The molecule has 3 aliphatic heterocycles. The summed E-state index contributed by atoms with van der Waals surface area (Å²) in [5.74, 6) is 2.80. The van der Waals surface area contributed by atoms with E-state index in [1.165, 1.54) is 28.1 Å². The smallest absolute Gasteiger partial charge is 0.178 e. The quantitative estimate of drug-likeness (QED) is 0.246. The lowest BCUT2D eigenvalue weighted by molar-refractivity contribution is 0.377. The topological polar surface area (TPSA) is 35.5 Å². The molecule has 3 aromatic carbocycles. The Kier molecular flexibility index (Phi) is 7.26. The van der Waals surface area contributed by atoms with Gasteiger partial charge >= 0.3 is 0 Å². The molecule has 7 rings (SSSR count). The molecule has 0 saturated heterocycles. The third-order valence-electron chi connectivity index (χ3n) is 9.88. The van der Waals surface area contributed by atoms with Gasteiger partial charge in [-0.05, 0) is 78.8 Å². The van der Waals surface area contributed by atoms with Crippen LogP contribution >= 0.6 is 0 Å². The molecule has 0 amide bonds. The van der Waals surface area contributed by atoms with Crippen molar-refractivity contribution in [3.8, 4) is 0 Å². The van der Waals surface area contributed by atoms with E-state index in [0.717, 1.165) is 43.0 Å². The summed E-state index contributed by atoms with van der Waals surface area (Å²) in [4.78, 5) is 17.6. The van der Waals surface area contributed by atoms with Gasteiger partial charge < -0.3 is 4.90 Å². The Hall–Kier alpha value is -4.38. The minimum Gasteiger partial charge on any atom is -0.340 e. The highest BCUT2D eigenvalue weighted by molar-refractivity contribution is 5.87. The molecule has 0 spiro atoms. The highest BCUT2D eigenvalue weighted by atomic mass is 15.5. The van der Waals surface area contributed by atoms with Crippen molar-refractivity contribution in [1.82, 2.24) is 9.97 Å². The van der Waals surface area contributed by atoms with Crippen LogP contribution in [0.4, 0.5) is 28.7 Å². The molecule has 5 nitrogen and oxygen atoms in total. The molecule has 0 N–H and O–H groups in total. The zero-order valence-electron chi connectivity index (χ0n) is 25.5. The van der Waals surface area contributed by atoms with E-state index in [9.17, 15) is 0 Å². The third-order valence-corrected chi connectivity index (χ3v) is 9.88. The van der Waals surface area contributed by atoms with E-state index in [4.69, 9.17) is 16.5 Å². The van der Waals surface area contributed by atoms with Gasteiger partial charge in [-0.1, -0.05) is 88.0 Å². The van der Waals surface area contributed by atoms with Gasteiger partial charge in [0.2, 0.25) is 0 Å². The zero-order chi connectivity index (χ0) is 29.5. The molecule has 0 fully saturated rings. The van der Waals surface area contributed by atoms with Crippen molar-refractivity contribution in [3.63, 3.8) is 0 Å². The highest BCUT2D eigenvalue weighted by Crippen LogP contribution is 2.53. The molecule has 4 heterocycles. The highest BCUT2D eigenvalue weighted by Gasteiger charge is 2.49. The Morgan fingerprint density at radius 2 is 1.42 bits per heavy atom. The predicted molar refractivity (Wildman–Crippen MR) is 179 cm³/mol. The van der Waals surface area contributed by atoms with Crippen molar-refractivity contribution in [1.29, 1.82) is 0 Å². The lowest BCUT2D eigenvalue weighted by Crippen LogP contribution is -2.56. The van der Waals surface area contributed by atoms with Gasteiger partial charge in [-0.25, -0.2) is 9.97 Å². The monoisotopic (exact) mass is 567 g/mol. The van der Waals surface area contributed by atoms with Gasteiger partial charge in [-0.2, -0.15) is 0 Å². The second kappa shape index (κ2) is 11.4. The Bertz CT molecular complexity index is 1650. The zero-order valence-corrected chi connectivity index (χ0v) is 25.5. The summed E-state index contributed by atoms with van der Waals surface area (Å²) in [7, 11) is 0. The Balaban J connectivity index is 1.59. The molecule has 43 heavy (non-hydrogen) atoms. The van der Waals surface area contributed by atoms with Crippen LogP contribution in [0.2, 0.25) is 0 Å². The largest absolute Gasteiger partial charge is 0.340 e. The maximum absolute atomic E-state index is 5.07.